The molecule has 0 atom stereocenters. The average molecular weight is 402 g/mol. The van der Waals surface area contributed by atoms with Crippen molar-refractivity contribution in [3.05, 3.63) is 70.9 Å². The van der Waals surface area contributed by atoms with Crippen molar-refractivity contribution in [2.45, 2.75) is 30.3 Å². The van der Waals surface area contributed by atoms with Crippen molar-refractivity contribution in [1.29, 1.82) is 0 Å². The molecule has 1 saturated carbocycles. The summed E-state index contributed by atoms with van der Waals surface area (Å²) in [5, 5.41) is 4.42. The smallest absolute Gasteiger partial charge is 0.272 e. The van der Waals surface area contributed by atoms with Crippen LogP contribution in [0.25, 0.3) is 11.4 Å². The average Bonchev–Trinajstić information content (AvgIpc) is 3.47. The number of hydrogen-bond donors (Lipinski definition) is 1. The highest BCUT2D eigenvalue weighted by molar-refractivity contribution is 7.89. The van der Waals surface area contributed by atoms with Crippen molar-refractivity contribution >= 4 is 10.0 Å². The summed E-state index contributed by atoms with van der Waals surface area (Å²) in [6.45, 7) is 0.0432. The molecular weight excluding hydrogens is 383 g/mol. The van der Waals surface area contributed by atoms with Gasteiger partial charge in [0.2, 0.25) is 10.0 Å². The lowest BCUT2D eigenvalue weighted by Crippen LogP contribution is -2.32. The fraction of sp³-hybridized carbons (Fsp3) is 0.263. The van der Waals surface area contributed by atoms with Gasteiger partial charge in [-0.1, -0.05) is 36.4 Å². The molecule has 4 rings (SSSR count). The van der Waals surface area contributed by atoms with Gasteiger partial charge < -0.3 is 0 Å². The summed E-state index contributed by atoms with van der Waals surface area (Å²) >= 11 is 0. The number of halogens is 1. The summed E-state index contributed by atoms with van der Waals surface area (Å²) in [5.41, 5.74) is 0.580. The fourth-order valence-corrected chi connectivity index (χ4v) is 4.07. The molecule has 28 heavy (non-hydrogen) atoms. The second kappa shape index (κ2) is 7.33. The van der Waals surface area contributed by atoms with Crippen LogP contribution in [-0.4, -0.2) is 29.3 Å². The first-order chi connectivity index (χ1) is 13.5. The van der Waals surface area contributed by atoms with Crippen molar-refractivity contribution in [2.75, 3.05) is 6.54 Å². The predicted octanol–water partition coefficient (Wildman–Crippen LogP) is 2.16. The quantitative estimate of drug-likeness (QED) is 0.656. The maximum absolute atomic E-state index is 13.3. The Labute approximate surface area is 161 Å². The van der Waals surface area contributed by atoms with Gasteiger partial charge in [0.1, 0.15) is 5.82 Å². The van der Waals surface area contributed by atoms with Gasteiger partial charge in [0.15, 0.2) is 5.82 Å². The first-order valence-corrected chi connectivity index (χ1v) is 10.4. The molecule has 1 aliphatic rings. The lowest BCUT2D eigenvalue weighted by atomic mass is 10.2. The van der Waals surface area contributed by atoms with Crippen LogP contribution in [0, 0.1) is 5.82 Å². The first-order valence-electron chi connectivity index (χ1n) is 8.96. The Morgan fingerprint density at radius 3 is 2.54 bits per heavy atom. The topological polar surface area (TPSA) is 86.0 Å². The number of aromatic nitrogens is 3. The maximum atomic E-state index is 13.3. The van der Waals surface area contributed by atoms with Crippen LogP contribution in [0.1, 0.15) is 18.9 Å². The van der Waals surface area contributed by atoms with E-state index in [0.717, 1.165) is 24.5 Å². The molecule has 1 aliphatic carbocycles. The zero-order valence-corrected chi connectivity index (χ0v) is 15.8. The number of nitrogens with one attached hydrogen (secondary N) is 1. The Morgan fingerprint density at radius 2 is 1.86 bits per heavy atom. The number of sulfonamides is 1. The highest BCUT2D eigenvalue weighted by Gasteiger charge is 2.30. The van der Waals surface area contributed by atoms with Crippen molar-refractivity contribution < 1.29 is 12.8 Å². The van der Waals surface area contributed by atoms with Crippen LogP contribution in [0.2, 0.25) is 0 Å². The standard InChI is InChI=1S/C19H19FN4O3S/c20-15-7-4-8-17(13-15)28(26,27)21-11-12-23-19(25)24(16-9-10-16)18(22-23)14-5-2-1-3-6-14/h1-8,13,16,21H,9-12H2. The summed E-state index contributed by atoms with van der Waals surface area (Å²) in [7, 11) is -3.87. The highest BCUT2D eigenvalue weighted by atomic mass is 32.2. The van der Waals surface area contributed by atoms with E-state index in [4.69, 9.17) is 0 Å². The summed E-state index contributed by atoms with van der Waals surface area (Å²) < 4.78 is 43.2. The number of nitrogens with zero attached hydrogens (tertiary/aromatic N) is 3. The molecule has 1 heterocycles. The van der Waals surface area contributed by atoms with Crippen molar-refractivity contribution in [3.63, 3.8) is 0 Å². The number of rotatable bonds is 7. The molecule has 1 N–H and O–H groups in total. The molecule has 146 valence electrons. The zero-order chi connectivity index (χ0) is 19.7. The molecule has 0 saturated heterocycles. The molecule has 0 bridgehead atoms. The highest BCUT2D eigenvalue weighted by Crippen LogP contribution is 2.36. The lowest BCUT2D eigenvalue weighted by molar-refractivity contribution is 0.546. The Kier molecular flexibility index (Phi) is 4.86. The van der Waals surface area contributed by atoms with Crippen molar-refractivity contribution in [3.8, 4) is 11.4 Å². The number of hydrogen-bond acceptors (Lipinski definition) is 4. The van der Waals surface area contributed by atoms with Crippen molar-refractivity contribution in [2.24, 2.45) is 0 Å². The maximum Gasteiger partial charge on any atom is 0.346 e. The molecule has 7 nitrogen and oxygen atoms in total. The van der Waals surface area contributed by atoms with E-state index in [0.29, 0.717) is 5.82 Å². The Hall–Kier alpha value is -2.78. The van der Waals surface area contributed by atoms with Gasteiger partial charge in [-0.25, -0.2) is 27.0 Å². The van der Waals surface area contributed by atoms with Gasteiger partial charge in [-0.3, -0.25) is 4.57 Å². The van der Waals surface area contributed by atoms with E-state index in [2.05, 4.69) is 9.82 Å². The third kappa shape index (κ3) is 3.76. The van der Waals surface area contributed by atoms with Crippen LogP contribution >= 0.6 is 0 Å². The second-order valence-corrected chi connectivity index (χ2v) is 8.42. The third-order valence-corrected chi connectivity index (χ3v) is 6.00. The van der Waals surface area contributed by atoms with E-state index in [-0.39, 0.29) is 29.7 Å². The summed E-state index contributed by atoms with van der Waals surface area (Å²) in [4.78, 5) is 12.6. The largest absolute Gasteiger partial charge is 0.346 e. The minimum atomic E-state index is -3.87. The van der Waals surface area contributed by atoms with Gasteiger partial charge in [-0.05, 0) is 31.0 Å². The van der Waals surface area contributed by atoms with Gasteiger partial charge in [0.25, 0.3) is 0 Å². The van der Waals surface area contributed by atoms with Gasteiger partial charge >= 0.3 is 5.69 Å². The molecule has 0 spiro atoms. The van der Waals surface area contributed by atoms with Gasteiger partial charge in [-0.15, -0.1) is 5.10 Å². The van der Waals surface area contributed by atoms with Crippen LogP contribution in [0.5, 0.6) is 0 Å². The SMILES string of the molecule is O=c1n(CCNS(=O)(=O)c2cccc(F)c2)nc(-c2ccccc2)n1C1CC1. The monoisotopic (exact) mass is 402 g/mol. The van der Waals surface area contributed by atoms with Gasteiger partial charge in [0, 0.05) is 18.2 Å². The van der Waals surface area contributed by atoms with E-state index in [1.807, 2.05) is 30.3 Å². The molecule has 3 aromatic rings. The normalized spacial score (nSPS) is 14.3. The predicted molar refractivity (Wildman–Crippen MR) is 102 cm³/mol. The Morgan fingerprint density at radius 1 is 1.11 bits per heavy atom. The summed E-state index contributed by atoms with van der Waals surface area (Å²) in [6.07, 6.45) is 1.86. The van der Waals surface area contributed by atoms with E-state index in [1.165, 1.54) is 22.9 Å². The van der Waals surface area contributed by atoms with E-state index in [1.54, 1.807) is 4.57 Å². The van der Waals surface area contributed by atoms with E-state index in [9.17, 15) is 17.6 Å². The van der Waals surface area contributed by atoms with Gasteiger partial charge in [0.05, 0.1) is 11.4 Å². The molecule has 1 aromatic heterocycles. The van der Waals surface area contributed by atoms with Crippen LogP contribution in [-0.2, 0) is 16.6 Å². The Bertz CT molecular complexity index is 1150. The molecule has 1 fully saturated rings. The summed E-state index contributed by atoms with van der Waals surface area (Å²) in [6, 6.07) is 14.3. The lowest BCUT2D eigenvalue weighted by Gasteiger charge is -2.06. The van der Waals surface area contributed by atoms with Crippen LogP contribution in [0.3, 0.4) is 0 Å². The number of benzene rings is 2. The van der Waals surface area contributed by atoms with Crippen LogP contribution in [0.4, 0.5) is 4.39 Å². The molecule has 0 amide bonds. The second-order valence-electron chi connectivity index (χ2n) is 6.65. The van der Waals surface area contributed by atoms with Gasteiger partial charge in [-0.2, -0.15) is 0 Å². The van der Waals surface area contributed by atoms with Crippen LogP contribution < -0.4 is 10.4 Å². The minimum Gasteiger partial charge on any atom is -0.272 e. The molecule has 9 heteroatoms. The van der Waals surface area contributed by atoms with Crippen molar-refractivity contribution in [1.82, 2.24) is 19.1 Å². The molecule has 0 radical (unpaired) electrons. The molecular formula is C19H19FN4O3S. The van der Waals surface area contributed by atoms with Crippen LogP contribution in [0.15, 0.2) is 64.3 Å². The first kappa shape index (κ1) is 18.6. The molecule has 2 aromatic carbocycles. The molecule has 0 unspecified atom stereocenters. The minimum absolute atomic E-state index is 0.0331. The van der Waals surface area contributed by atoms with E-state index < -0.39 is 15.8 Å². The van der Waals surface area contributed by atoms with E-state index >= 15 is 0 Å². The molecule has 0 aliphatic heterocycles. The fourth-order valence-electron chi connectivity index (χ4n) is 3.02. The third-order valence-electron chi connectivity index (χ3n) is 4.54. The zero-order valence-electron chi connectivity index (χ0n) is 15.0. The Balaban J connectivity index is 1.54. The summed E-state index contributed by atoms with van der Waals surface area (Å²) in [5.74, 6) is -0.0455.